The molecular weight excluding hydrogens is 248 g/mol. The first-order valence-corrected chi connectivity index (χ1v) is 6.81. The number of amides is 1. The number of fused-ring (bicyclic) bond motifs is 1. The SMILES string of the molecule is CCCC(N)C(=O)N1CCc2ccc(Cl)cc2C1. The first-order chi connectivity index (χ1) is 8.61. The fourth-order valence-corrected chi connectivity index (χ4v) is 2.58. The van der Waals surface area contributed by atoms with Gasteiger partial charge in [0.05, 0.1) is 6.04 Å². The van der Waals surface area contributed by atoms with Crippen LogP contribution in [0.1, 0.15) is 30.9 Å². The Balaban J connectivity index is 2.09. The second kappa shape index (κ2) is 5.72. The highest BCUT2D eigenvalue weighted by molar-refractivity contribution is 6.30. The first kappa shape index (κ1) is 13.4. The highest BCUT2D eigenvalue weighted by Crippen LogP contribution is 2.23. The zero-order chi connectivity index (χ0) is 13.1. The Kier molecular flexibility index (Phi) is 4.25. The van der Waals surface area contributed by atoms with Gasteiger partial charge >= 0.3 is 0 Å². The zero-order valence-electron chi connectivity index (χ0n) is 10.7. The lowest BCUT2D eigenvalue weighted by Crippen LogP contribution is -2.45. The summed E-state index contributed by atoms with van der Waals surface area (Å²) in [7, 11) is 0. The molecule has 0 radical (unpaired) electrons. The molecule has 1 amide bonds. The minimum atomic E-state index is -0.365. The molecular formula is C14H19ClN2O. The fraction of sp³-hybridized carbons (Fsp3) is 0.500. The lowest BCUT2D eigenvalue weighted by atomic mass is 9.99. The molecule has 1 aromatic carbocycles. The summed E-state index contributed by atoms with van der Waals surface area (Å²) in [5.74, 6) is 0.0578. The summed E-state index contributed by atoms with van der Waals surface area (Å²) >= 11 is 5.99. The summed E-state index contributed by atoms with van der Waals surface area (Å²) in [5.41, 5.74) is 8.32. The quantitative estimate of drug-likeness (QED) is 0.913. The van der Waals surface area contributed by atoms with E-state index in [0.29, 0.717) is 6.54 Å². The third-order valence-corrected chi connectivity index (χ3v) is 3.64. The molecule has 18 heavy (non-hydrogen) atoms. The number of nitrogens with two attached hydrogens (primary N) is 1. The number of hydrogen-bond acceptors (Lipinski definition) is 2. The van der Waals surface area contributed by atoms with Crippen molar-refractivity contribution in [3.05, 3.63) is 34.3 Å². The molecule has 1 aliphatic heterocycles. The lowest BCUT2D eigenvalue weighted by Gasteiger charge is -2.31. The van der Waals surface area contributed by atoms with E-state index in [1.165, 1.54) is 5.56 Å². The fourth-order valence-electron chi connectivity index (χ4n) is 2.38. The molecule has 1 unspecified atom stereocenters. The van der Waals surface area contributed by atoms with Crippen molar-refractivity contribution in [2.45, 2.75) is 38.8 Å². The van der Waals surface area contributed by atoms with Gasteiger partial charge in [-0.2, -0.15) is 0 Å². The van der Waals surface area contributed by atoms with E-state index in [9.17, 15) is 4.79 Å². The van der Waals surface area contributed by atoms with Crippen LogP contribution in [0.3, 0.4) is 0 Å². The van der Waals surface area contributed by atoms with Gasteiger partial charge in [-0.05, 0) is 36.1 Å². The number of halogens is 1. The summed E-state index contributed by atoms with van der Waals surface area (Å²) in [4.78, 5) is 14.0. The maximum atomic E-state index is 12.2. The van der Waals surface area contributed by atoms with Crippen LogP contribution in [0.4, 0.5) is 0 Å². The number of carbonyl (C=O) groups is 1. The van der Waals surface area contributed by atoms with Crippen LogP contribution in [0.15, 0.2) is 18.2 Å². The Morgan fingerprint density at radius 2 is 2.28 bits per heavy atom. The molecule has 1 heterocycles. The van der Waals surface area contributed by atoms with Gasteiger partial charge in [-0.3, -0.25) is 4.79 Å². The van der Waals surface area contributed by atoms with Crippen LogP contribution in [-0.4, -0.2) is 23.4 Å². The van der Waals surface area contributed by atoms with Crippen molar-refractivity contribution in [2.24, 2.45) is 5.73 Å². The van der Waals surface area contributed by atoms with Gasteiger partial charge in [0, 0.05) is 18.1 Å². The predicted octanol–water partition coefficient (Wildman–Crippen LogP) is 2.35. The molecule has 1 atom stereocenters. The summed E-state index contributed by atoms with van der Waals surface area (Å²) in [6.45, 7) is 3.43. The monoisotopic (exact) mass is 266 g/mol. The Morgan fingerprint density at radius 1 is 1.50 bits per heavy atom. The summed E-state index contributed by atoms with van der Waals surface area (Å²) < 4.78 is 0. The van der Waals surface area contributed by atoms with Gasteiger partial charge in [-0.1, -0.05) is 31.0 Å². The van der Waals surface area contributed by atoms with Gasteiger partial charge in [-0.15, -0.1) is 0 Å². The van der Waals surface area contributed by atoms with Gasteiger partial charge < -0.3 is 10.6 Å². The van der Waals surface area contributed by atoms with E-state index < -0.39 is 0 Å². The molecule has 0 spiro atoms. The van der Waals surface area contributed by atoms with Crippen LogP contribution < -0.4 is 5.73 Å². The molecule has 0 bridgehead atoms. The predicted molar refractivity (Wildman–Crippen MR) is 73.5 cm³/mol. The van der Waals surface area contributed by atoms with Crippen molar-refractivity contribution in [2.75, 3.05) is 6.54 Å². The molecule has 0 fully saturated rings. The third-order valence-electron chi connectivity index (χ3n) is 3.41. The molecule has 0 saturated carbocycles. The van der Waals surface area contributed by atoms with Crippen molar-refractivity contribution in [1.29, 1.82) is 0 Å². The van der Waals surface area contributed by atoms with E-state index in [4.69, 9.17) is 17.3 Å². The average Bonchev–Trinajstić information content (AvgIpc) is 2.37. The average molecular weight is 267 g/mol. The Labute approximate surface area is 113 Å². The minimum absolute atomic E-state index is 0.0578. The molecule has 2 N–H and O–H groups in total. The number of nitrogens with zero attached hydrogens (tertiary/aromatic N) is 1. The van der Waals surface area contributed by atoms with Crippen molar-refractivity contribution in [3.8, 4) is 0 Å². The molecule has 98 valence electrons. The second-order valence-corrected chi connectivity index (χ2v) is 5.25. The van der Waals surface area contributed by atoms with Crippen LogP contribution in [0.5, 0.6) is 0 Å². The van der Waals surface area contributed by atoms with E-state index in [0.717, 1.165) is 36.4 Å². The zero-order valence-corrected chi connectivity index (χ0v) is 11.4. The lowest BCUT2D eigenvalue weighted by molar-refractivity contribution is -0.133. The third kappa shape index (κ3) is 2.85. The van der Waals surface area contributed by atoms with E-state index in [2.05, 4.69) is 0 Å². The maximum absolute atomic E-state index is 12.2. The summed E-state index contributed by atoms with van der Waals surface area (Å²) in [6, 6.07) is 5.53. The Hall–Kier alpha value is -1.06. The molecule has 0 saturated heterocycles. The van der Waals surface area contributed by atoms with E-state index in [1.54, 1.807) is 0 Å². The molecule has 0 aliphatic carbocycles. The largest absolute Gasteiger partial charge is 0.337 e. The Bertz CT molecular complexity index is 447. The molecule has 3 nitrogen and oxygen atoms in total. The number of carbonyl (C=O) groups excluding carboxylic acids is 1. The van der Waals surface area contributed by atoms with Crippen LogP contribution >= 0.6 is 11.6 Å². The van der Waals surface area contributed by atoms with E-state index in [1.807, 2.05) is 30.0 Å². The molecule has 0 aromatic heterocycles. The van der Waals surface area contributed by atoms with Crippen molar-refractivity contribution in [3.63, 3.8) is 0 Å². The molecule has 2 rings (SSSR count). The summed E-state index contributed by atoms with van der Waals surface area (Å²) in [6.07, 6.45) is 2.57. The van der Waals surface area contributed by atoms with Gasteiger partial charge in [0.25, 0.3) is 0 Å². The van der Waals surface area contributed by atoms with Gasteiger partial charge in [0.1, 0.15) is 0 Å². The first-order valence-electron chi connectivity index (χ1n) is 6.43. The van der Waals surface area contributed by atoms with Gasteiger partial charge in [0.2, 0.25) is 5.91 Å². The number of hydrogen-bond donors (Lipinski definition) is 1. The van der Waals surface area contributed by atoms with E-state index in [-0.39, 0.29) is 11.9 Å². The van der Waals surface area contributed by atoms with Gasteiger partial charge in [0.15, 0.2) is 0 Å². The molecule has 1 aliphatic rings. The van der Waals surface area contributed by atoms with Gasteiger partial charge in [-0.25, -0.2) is 0 Å². The second-order valence-electron chi connectivity index (χ2n) is 4.82. The van der Waals surface area contributed by atoms with Crippen LogP contribution in [0.25, 0.3) is 0 Å². The highest BCUT2D eigenvalue weighted by atomic mass is 35.5. The minimum Gasteiger partial charge on any atom is -0.337 e. The molecule has 1 aromatic rings. The maximum Gasteiger partial charge on any atom is 0.239 e. The topological polar surface area (TPSA) is 46.3 Å². The van der Waals surface area contributed by atoms with Crippen LogP contribution in [0.2, 0.25) is 5.02 Å². The van der Waals surface area contributed by atoms with Crippen molar-refractivity contribution in [1.82, 2.24) is 4.90 Å². The van der Waals surface area contributed by atoms with E-state index >= 15 is 0 Å². The summed E-state index contributed by atoms with van der Waals surface area (Å²) in [5, 5.41) is 0.723. The molecule has 4 heteroatoms. The standard InChI is InChI=1S/C14H19ClN2O/c1-2-3-13(16)14(18)17-7-6-10-4-5-12(15)8-11(10)9-17/h4-5,8,13H,2-3,6-7,9,16H2,1H3. The number of rotatable bonds is 3. The Morgan fingerprint density at radius 3 is 3.00 bits per heavy atom. The van der Waals surface area contributed by atoms with Crippen LogP contribution in [-0.2, 0) is 17.8 Å². The highest BCUT2D eigenvalue weighted by Gasteiger charge is 2.24. The smallest absolute Gasteiger partial charge is 0.239 e. The van der Waals surface area contributed by atoms with Crippen LogP contribution in [0, 0.1) is 0 Å². The van der Waals surface area contributed by atoms with Crippen molar-refractivity contribution >= 4 is 17.5 Å². The number of benzene rings is 1. The normalized spacial score (nSPS) is 16.3. The van der Waals surface area contributed by atoms with Crippen molar-refractivity contribution < 1.29 is 4.79 Å².